The number of phenols is 1. The molecular formula is C18H13Br2ClN2O2S. The van der Waals surface area contributed by atoms with Crippen LogP contribution in [0.2, 0.25) is 5.02 Å². The molecule has 134 valence electrons. The minimum Gasteiger partial charge on any atom is -0.506 e. The van der Waals surface area contributed by atoms with E-state index in [4.69, 9.17) is 11.6 Å². The Kier molecular flexibility index (Phi) is 6.02. The van der Waals surface area contributed by atoms with Crippen LogP contribution >= 0.6 is 54.8 Å². The molecule has 0 spiro atoms. The summed E-state index contributed by atoms with van der Waals surface area (Å²) in [4.78, 5) is 12.8. The van der Waals surface area contributed by atoms with Crippen LogP contribution in [0.25, 0.3) is 10.1 Å². The molecule has 0 bridgehead atoms. The number of hydrazone groups is 1. The zero-order chi connectivity index (χ0) is 18.8. The molecule has 0 atom stereocenters. The Bertz CT molecular complexity index is 1010. The van der Waals surface area contributed by atoms with Crippen molar-refractivity contribution in [3.05, 3.63) is 60.3 Å². The minimum absolute atomic E-state index is 0.147. The van der Waals surface area contributed by atoms with Crippen molar-refractivity contribution >= 4 is 77.0 Å². The molecule has 26 heavy (non-hydrogen) atoms. The second kappa shape index (κ2) is 8.08. The molecule has 0 saturated heterocycles. The maximum atomic E-state index is 12.3. The average Bonchev–Trinajstić information content (AvgIpc) is 2.92. The van der Waals surface area contributed by atoms with Gasteiger partial charge in [-0.3, -0.25) is 4.79 Å². The number of aromatic hydroxyl groups is 1. The van der Waals surface area contributed by atoms with Crippen LogP contribution in [0.5, 0.6) is 5.75 Å². The number of amides is 1. The van der Waals surface area contributed by atoms with E-state index in [-0.39, 0.29) is 11.7 Å². The molecule has 4 nitrogen and oxygen atoms in total. The van der Waals surface area contributed by atoms with Crippen molar-refractivity contribution in [2.75, 3.05) is 0 Å². The summed E-state index contributed by atoms with van der Waals surface area (Å²) >= 11 is 14.2. The molecule has 8 heteroatoms. The summed E-state index contributed by atoms with van der Waals surface area (Å²) in [7, 11) is 0. The number of hydrogen-bond donors (Lipinski definition) is 2. The first kappa shape index (κ1) is 19.4. The molecule has 0 aliphatic heterocycles. The van der Waals surface area contributed by atoms with Gasteiger partial charge in [-0.2, -0.15) is 5.10 Å². The Hall–Kier alpha value is -1.41. The van der Waals surface area contributed by atoms with Gasteiger partial charge in [0.25, 0.3) is 5.91 Å². The van der Waals surface area contributed by atoms with Crippen LogP contribution in [-0.2, 0) is 6.42 Å². The molecule has 1 amide bonds. The van der Waals surface area contributed by atoms with Crippen molar-refractivity contribution in [2.24, 2.45) is 5.10 Å². The van der Waals surface area contributed by atoms with E-state index in [1.807, 2.05) is 25.1 Å². The van der Waals surface area contributed by atoms with Crippen LogP contribution in [0.1, 0.15) is 20.8 Å². The third-order valence-corrected chi connectivity index (χ3v) is 6.52. The number of carbonyl (C=O) groups is 1. The molecule has 0 saturated carbocycles. The summed E-state index contributed by atoms with van der Waals surface area (Å²) in [5.74, 6) is -0.188. The highest BCUT2D eigenvalue weighted by molar-refractivity contribution is 9.11. The summed E-state index contributed by atoms with van der Waals surface area (Å²) in [5, 5.41) is 15.0. The quantitative estimate of drug-likeness (QED) is 0.328. The van der Waals surface area contributed by atoms with Crippen molar-refractivity contribution in [2.45, 2.75) is 13.3 Å². The van der Waals surface area contributed by atoms with E-state index in [9.17, 15) is 9.90 Å². The molecule has 2 N–H and O–H groups in total. The first-order valence-corrected chi connectivity index (χ1v) is 10.3. The number of aryl methyl sites for hydroxylation is 1. The molecule has 3 rings (SSSR count). The highest BCUT2D eigenvalue weighted by Gasteiger charge is 2.16. The molecule has 1 aromatic heterocycles. The topological polar surface area (TPSA) is 61.7 Å². The highest BCUT2D eigenvalue weighted by Crippen LogP contribution is 2.36. The number of nitrogens with one attached hydrogen (secondary N) is 1. The van der Waals surface area contributed by atoms with Gasteiger partial charge in [-0.15, -0.1) is 11.3 Å². The van der Waals surface area contributed by atoms with Gasteiger partial charge < -0.3 is 5.11 Å². The van der Waals surface area contributed by atoms with Crippen molar-refractivity contribution in [3.63, 3.8) is 0 Å². The number of benzene rings is 2. The maximum absolute atomic E-state index is 12.3. The van der Waals surface area contributed by atoms with E-state index in [1.165, 1.54) is 11.3 Å². The molecule has 0 aliphatic rings. The fourth-order valence-corrected chi connectivity index (χ4v) is 5.15. The lowest BCUT2D eigenvalue weighted by atomic mass is 10.1. The summed E-state index contributed by atoms with van der Waals surface area (Å²) in [6.07, 6.45) is 2.09. The summed E-state index contributed by atoms with van der Waals surface area (Å²) in [6.45, 7) is 2.00. The lowest BCUT2D eigenvalue weighted by Gasteiger charge is -2.03. The van der Waals surface area contributed by atoms with Crippen LogP contribution in [-0.4, -0.2) is 17.2 Å². The minimum atomic E-state index is -0.335. The summed E-state index contributed by atoms with van der Waals surface area (Å²) < 4.78 is 2.15. The predicted molar refractivity (Wildman–Crippen MR) is 115 cm³/mol. The smallest absolute Gasteiger partial charge is 0.282 e. The first-order chi connectivity index (χ1) is 12.4. The van der Waals surface area contributed by atoms with Gasteiger partial charge in [0.1, 0.15) is 10.6 Å². The normalized spacial score (nSPS) is 11.4. The molecule has 0 fully saturated rings. The van der Waals surface area contributed by atoms with Gasteiger partial charge in [0, 0.05) is 22.7 Å². The Morgan fingerprint density at radius 3 is 2.69 bits per heavy atom. The molecule has 3 aromatic rings. The lowest BCUT2D eigenvalue weighted by molar-refractivity contribution is 0.0959. The molecule has 0 radical (unpaired) electrons. The molecule has 1 heterocycles. The fourth-order valence-electron chi connectivity index (χ4n) is 2.36. The number of fused-ring (bicyclic) bond motifs is 1. The second-order valence-corrected chi connectivity index (χ2v) is 8.75. The van der Waals surface area contributed by atoms with Crippen LogP contribution in [0, 0.1) is 6.92 Å². The van der Waals surface area contributed by atoms with Crippen LogP contribution in [0.3, 0.4) is 0 Å². The predicted octanol–water partition coefficient (Wildman–Crippen LogP) is 6.05. The third-order valence-electron chi connectivity index (χ3n) is 3.65. The van der Waals surface area contributed by atoms with E-state index in [2.05, 4.69) is 42.4 Å². The molecule has 2 aromatic carbocycles. The van der Waals surface area contributed by atoms with Crippen LogP contribution in [0.15, 0.2) is 44.4 Å². The van der Waals surface area contributed by atoms with Gasteiger partial charge in [0.05, 0.1) is 14.0 Å². The third kappa shape index (κ3) is 4.11. The number of halogens is 3. The van der Waals surface area contributed by atoms with Gasteiger partial charge in [0.15, 0.2) is 0 Å². The molecule has 0 unspecified atom stereocenters. The van der Waals surface area contributed by atoms with Crippen LogP contribution in [0.4, 0.5) is 0 Å². The number of rotatable bonds is 4. The van der Waals surface area contributed by atoms with E-state index in [0.717, 1.165) is 21.2 Å². The lowest BCUT2D eigenvalue weighted by Crippen LogP contribution is -2.16. The first-order valence-electron chi connectivity index (χ1n) is 7.54. The summed E-state index contributed by atoms with van der Waals surface area (Å²) in [6, 6.07) is 9.48. The molecular weight excluding hydrogens is 504 g/mol. The Labute approximate surface area is 176 Å². The van der Waals surface area contributed by atoms with Crippen molar-refractivity contribution < 1.29 is 9.90 Å². The monoisotopic (exact) mass is 514 g/mol. The van der Waals surface area contributed by atoms with Gasteiger partial charge in [-0.05, 0) is 68.1 Å². The van der Waals surface area contributed by atoms with Crippen LogP contribution < -0.4 is 5.43 Å². The van der Waals surface area contributed by atoms with Gasteiger partial charge >= 0.3 is 0 Å². The van der Waals surface area contributed by atoms with Gasteiger partial charge in [-0.1, -0.05) is 23.7 Å². The maximum Gasteiger partial charge on any atom is 0.282 e. The number of phenolic OH excluding ortho intramolecular Hbond substituents is 1. The van der Waals surface area contributed by atoms with E-state index < -0.39 is 0 Å². The number of carbonyl (C=O) groups excluding carboxylic acids is 1. The van der Waals surface area contributed by atoms with E-state index >= 15 is 0 Å². The molecule has 0 aliphatic carbocycles. The fraction of sp³-hybridized carbons (Fsp3) is 0.111. The van der Waals surface area contributed by atoms with Crippen molar-refractivity contribution in [1.29, 1.82) is 0 Å². The Balaban J connectivity index is 1.69. The number of thiophene rings is 1. The largest absolute Gasteiger partial charge is 0.506 e. The van der Waals surface area contributed by atoms with E-state index in [1.54, 1.807) is 18.3 Å². The standard InChI is InChI=1S/C18H13Br2ClN2O2S/c1-9-2-3-11-14(6-9)26-17(15(11)21)18(25)23-22-5-4-10-7-12(19)16(24)13(20)8-10/h2-3,5-8,24H,4H2,1H3,(H,23,25)/b22-5+. The zero-order valence-electron chi connectivity index (χ0n) is 13.5. The zero-order valence-corrected chi connectivity index (χ0v) is 18.3. The van der Waals surface area contributed by atoms with Gasteiger partial charge in [0.2, 0.25) is 0 Å². The van der Waals surface area contributed by atoms with Crippen molar-refractivity contribution in [1.82, 2.24) is 5.43 Å². The van der Waals surface area contributed by atoms with Gasteiger partial charge in [-0.25, -0.2) is 5.43 Å². The second-order valence-electron chi connectivity index (χ2n) is 5.61. The highest BCUT2D eigenvalue weighted by atomic mass is 79.9. The SMILES string of the molecule is Cc1ccc2c(Cl)c(C(=O)N/N=C/Cc3cc(Br)c(O)c(Br)c3)sc2c1. The number of nitrogens with zero attached hydrogens (tertiary/aromatic N) is 1. The summed E-state index contributed by atoms with van der Waals surface area (Å²) in [5.41, 5.74) is 4.55. The Morgan fingerprint density at radius 2 is 2.00 bits per heavy atom. The van der Waals surface area contributed by atoms with Crippen molar-refractivity contribution in [3.8, 4) is 5.75 Å². The number of hydrogen-bond acceptors (Lipinski definition) is 4. The van der Waals surface area contributed by atoms with E-state index in [0.29, 0.717) is 25.3 Å². The average molecular weight is 517 g/mol. The Morgan fingerprint density at radius 1 is 1.31 bits per heavy atom.